The fraction of sp³-hybridized carbons (Fsp3) is 0.625. The van der Waals surface area contributed by atoms with E-state index >= 15 is 0 Å². The van der Waals surface area contributed by atoms with Crippen molar-refractivity contribution in [1.29, 1.82) is 0 Å². The molecule has 1 amide bonds. The smallest absolute Gasteiger partial charge is 0.405 e. The molecular weight excluding hydrogens is 207 g/mol. The van der Waals surface area contributed by atoms with Gasteiger partial charge in [0.2, 0.25) is 6.04 Å². The minimum Gasteiger partial charge on any atom is -0.465 e. The molecule has 0 saturated heterocycles. The molecule has 0 unspecified atom stereocenters. The van der Waals surface area contributed by atoms with E-state index in [1.807, 2.05) is 0 Å². The average Bonchev–Trinajstić information content (AvgIpc) is 2.14. The van der Waals surface area contributed by atoms with E-state index in [4.69, 9.17) is 5.11 Å². The fourth-order valence-corrected chi connectivity index (χ4v) is 0.789. The molecule has 0 aromatic carbocycles. The normalized spacial score (nSPS) is 9.53. The molecule has 15 heavy (non-hydrogen) atoms. The van der Waals surface area contributed by atoms with Crippen LogP contribution in [0.15, 0.2) is 0 Å². The van der Waals surface area contributed by atoms with Crippen LogP contribution in [0.4, 0.5) is 4.79 Å². The van der Waals surface area contributed by atoms with E-state index in [1.165, 1.54) is 0 Å². The molecule has 0 spiro atoms. The fourth-order valence-electron chi connectivity index (χ4n) is 0.789. The third-order valence-corrected chi connectivity index (χ3v) is 1.31. The lowest BCUT2D eigenvalue weighted by Crippen LogP contribution is -2.47. The largest absolute Gasteiger partial charge is 0.465 e. The molecular formula is C8H13NO6. The van der Waals surface area contributed by atoms with Gasteiger partial charge in [-0.05, 0) is 13.8 Å². The zero-order valence-corrected chi connectivity index (χ0v) is 8.48. The summed E-state index contributed by atoms with van der Waals surface area (Å²) in [7, 11) is 0. The molecule has 7 heteroatoms. The van der Waals surface area contributed by atoms with Crippen LogP contribution in [0.3, 0.4) is 0 Å². The first-order chi connectivity index (χ1) is 7.02. The molecule has 0 aromatic rings. The summed E-state index contributed by atoms with van der Waals surface area (Å²) in [4.78, 5) is 32.6. The van der Waals surface area contributed by atoms with Gasteiger partial charge in [0.25, 0.3) is 0 Å². The molecule has 0 aliphatic rings. The van der Waals surface area contributed by atoms with Crippen molar-refractivity contribution in [2.24, 2.45) is 0 Å². The van der Waals surface area contributed by atoms with Crippen LogP contribution in [0, 0.1) is 0 Å². The van der Waals surface area contributed by atoms with Gasteiger partial charge in [-0.2, -0.15) is 0 Å². The Bertz CT molecular complexity index is 234. The minimum absolute atomic E-state index is 0.0516. The van der Waals surface area contributed by atoms with Gasteiger partial charge in [0.1, 0.15) is 0 Å². The highest BCUT2D eigenvalue weighted by atomic mass is 16.6. The number of carbonyl (C=O) groups is 3. The van der Waals surface area contributed by atoms with E-state index in [9.17, 15) is 14.4 Å². The van der Waals surface area contributed by atoms with Gasteiger partial charge in [-0.1, -0.05) is 0 Å². The summed E-state index contributed by atoms with van der Waals surface area (Å²) in [6.07, 6.45) is -1.50. The van der Waals surface area contributed by atoms with Gasteiger partial charge in [-0.3, -0.25) is 5.32 Å². The summed E-state index contributed by atoms with van der Waals surface area (Å²) in [5.41, 5.74) is 0. The number of amides is 1. The van der Waals surface area contributed by atoms with E-state index < -0.39 is 24.1 Å². The van der Waals surface area contributed by atoms with Crippen LogP contribution in [0.2, 0.25) is 0 Å². The topological polar surface area (TPSA) is 102 Å². The summed E-state index contributed by atoms with van der Waals surface area (Å²) >= 11 is 0. The SMILES string of the molecule is CCOC(=O)C([15NH]C(=O)O)C(=O)OCC. The second kappa shape index (κ2) is 6.63. The molecule has 0 saturated carbocycles. The summed E-state index contributed by atoms with van der Waals surface area (Å²) in [5, 5.41) is 10.1. The monoisotopic (exact) mass is 220 g/mol. The quantitative estimate of drug-likeness (QED) is 0.376. The first-order valence-electron chi connectivity index (χ1n) is 4.35. The van der Waals surface area contributed by atoms with Crippen LogP contribution in [0.5, 0.6) is 0 Å². The maximum atomic E-state index is 11.1. The third-order valence-electron chi connectivity index (χ3n) is 1.31. The Hall–Kier alpha value is -1.79. The molecule has 2 N–H and O–H groups in total. The lowest BCUT2D eigenvalue weighted by Gasteiger charge is -2.13. The van der Waals surface area contributed by atoms with Gasteiger partial charge in [-0.15, -0.1) is 0 Å². The number of hydrogen-bond donors (Lipinski definition) is 2. The summed E-state index contributed by atoms with van der Waals surface area (Å²) in [6, 6.07) is -1.62. The van der Waals surface area contributed by atoms with Gasteiger partial charge in [0.15, 0.2) is 0 Å². The second-order valence-electron chi connectivity index (χ2n) is 2.39. The van der Waals surface area contributed by atoms with Crippen molar-refractivity contribution in [3.8, 4) is 0 Å². The maximum Gasteiger partial charge on any atom is 0.405 e. The number of carbonyl (C=O) groups excluding carboxylic acids is 2. The van der Waals surface area contributed by atoms with Crippen molar-refractivity contribution in [3.05, 3.63) is 0 Å². The number of hydrogen-bond acceptors (Lipinski definition) is 5. The standard InChI is InChI=1S/C8H13NO6/c1-3-14-6(10)5(9-8(12)13)7(11)15-4-2/h5,9H,3-4H2,1-2H3,(H,12,13)/i9+1. The highest BCUT2D eigenvalue weighted by Crippen LogP contribution is 1.94. The van der Waals surface area contributed by atoms with Crippen molar-refractivity contribution in [2.75, 3.05) is 13.2 Å². The lowest BCUT2D eigenvalue weighted by atomic mass is 10.3. The van der Waals surface area contributed by atoms with Gasteiger partial charge in [-0.25, -0.2) is 14.4 Å². The van der Waals surface area contributed by atoms with Crippen LogP contribution in [-0.4, -0.2) is 42.4 Å². The highest BCUT2D eigenvalue weighted by molar-refractivity contribution is 6.01. The number of ether oxygens (including phenoxy) is 2. The molecule has 0 aromatic heterocycles. The van der Waals surface area contributed by atoms with Gasteiger partial charge >= 0.3 is 18.0 Å². The molecule has 0 rings (SSSR count). The molecule has 7 nitrogen and oxygen atoms in total. The molecule has 0 aliphatic carbocycles. The summed E-state index contributed by atoms with van der Waals surface area (Å²) in [6.45, 7) is 3.19. The van der Waals surface area contributed by atoms with E-state index in [0.717, 1.165) is 0 Å². The Morgan fingerprint density at radius 1 is 1.13 bits per heavy atom. The van der Waals surface area contributed by atoms with E-state index in [-0.39, 0.29) is 13.2 Å². The first-order valence-corrected chi connectivity index (χ1v) is 4.35. The van der Waals surface area contributed by atoms with Crippen LogP contribution in [0.1, 0.15) is 13.8 Å². The molecule has 86 valence electrons. The maximum absolute atomic E-state index is 11.1. The van der Waals surface area contributed by atoms with E-state index in [2.05, 4.69) is 9.47 Å². The first kappa shape index (κ1) is 13.2. The Balaban J connectivity index is 4.49. The number of carboxylic acid groups (broad SMARTS) is 1. The second-order valence-corrected chi connectivity index (χ2v) is 2.39. The lowest BCUT2D eigenvalue weighted by molar-refractivity contribution is -0.157. The highest BCUT2D eigenvalue weighted by Gasteiger charge is 2.30. The van der Waals surface area contributed by atoms with Crippen LogP contribution in [0.25, 0.3) is 0 Å². The Morgan fingerprint density at radius 2 is 1.53 bits per heavy atom. The summed E-state index contributed by atoms with van der Waals surface area (Å²) < 4.78 is 9.01. The molecule has 0 atom stereocenters. The third kappa shape index (κ3) is 4.84. The van der Waals surface area contributed by atoms with Crippen molar-refractivity contribution in [1.82, 2.24) is 5.32 Å². The molecule has 0 heterocycles. The Labute approximate surface area is 86.3 Å². The van der Waals surface area contributed by atoms with Gasteiger partial charge < -0.3 is 14.6 Å². The molecule has 0 aliphatic heterocycles. The van der Waals surface area contributed by atoms with Crippen molar-refractivity contribution >= 4 is 18.0 Å². The van der Waals surface area contributed by atoms with Gasteiger partial charge in [0.05, 0.1) is 13.2 Å². The zero-order chi connectivity index (χ0) is 11.8. The number of esters is 2. The molecule has 0 fully saturated rings. The van der Waals surface area contributed by atoms with E-state index in [1.54, 1.807) is 19.2 Å². The number of nitrogens with one attached hydrogen (secondary N) is 1. The minimum atomic E-state index is -1.62. The number of rotatable bonds is 5. The Kier molecular flexibility index (Phi) is 5.84. The Morgan fingerprint density at radius 3 is 1.80 bits per heavy atom. The zero-order valence-electron chi connectivity index (χ0n) is 8.48. The van der Waals surface area contributed by atoms with Gasteiger partial charge in [0, 0.05) is 0 Å². The van der Waals surface area contributed by atoms with Crippen LogP contribution < -0.4 is 5.32 Å². The molecule has 0 radical (unpaired) electrons. The van der Waals surface area contributed by atoms with Crippen molar-refractivity contribution in [2.45, 2.75) is 19.9 Å². The average molecular weight is 220 g/mol. The molecule has 0 bridgehead atoms. The predicted octanol–water partition coefficient (Wildman–Crippen LogP) is -0.251. The van der Waals surface area contributed by atoms with E-state index in [0.29, 0.717) is 0 Å². The van der Waals surface area contributed by atoms with Crippen LogP contribution >= 0.6 is 0 Å². The van der Waals surface area contributed by atoms with Crippen molar-refractivity contribution < 1.29 is 29.0 Å². The summed E-state index contributed by atoms with van der Waals surface area (Å²) in [5.74, 6) is -1.95. The van der Waals surface area contributed by atoms with Crippen molar-refractivity contribution in [3.63, 3.8) is 0 Å². The van der Waals surface area contributed by atoms with Crippen LogP contribution in [-0.2, 0) is 19.1 Å². The predicted molar refractivity (Wildman–Crippen MR) is 48.2 cm³/mol.